The molecule has 0 radical (unpaired) electrons. The molecular weight excluding hydrogens is 182 g/mol. The minimum absolute atomic E-state index is 0.562. The van der Waals surface area contributed by atoms with Gasteiger partial charge in [0.15, 0.2) is 0 Å². The van der Waals surface area contributed by atoms with Gasteiger partial charge < -0.3 is 4.74 Å². The van der Waals surface area contributed by atoms with Gasteiger partial charge in [0, 0.05) is 19.1 Å². The van der Waals surface area contributed by atoms with Crippen molar-refractivity contribution in [2.24, 2.45) is 0 Å². The van der Waals surface area contributed by atoms with Crippen LogP contribution in [0.3, 0.4) is 0 Å². The van der Waals surface area contributed by atoms with Crippen molar-refractivity contribution in [2.75, 3.05) is 13.2 Å². The van der Waals surface area contributed by atoms with Crippen LogP contribution in [0.2, 0.25) is 0 Å². The number of ether oxygens (including phenoxy) is 1. The predicted octanol–water partition coefficient (Wildman–Crippen LogP) is 1.72. The largest absolute Gasteiger partial charge is 0.375 e. The Balaban J connectivity index is 1.66. The number of hydrogen-bond acceptors (Lipinski definition) is 3. The van der Waals surface area contributed by atoms with Gasteiger partial charge in [-0.15, -0.1) is 0 Å². The van der Waals surface area contributed by atoms with Crippen LogP contribution >= 0.6 is 11.3 Å². The lowest BCUT2D eigenvalue weighted by molar-refractivity contribution is 0.0278. The zero-order valence-corrected chi connectivity index (χ0v) is 8.30. The van der Waals surface area contributed by atoms with E-state index in [1.807, 2.05) is 0 Å². The van der Waals surface area contributed by atoms with Gasteiger partial charge in [-0.25, -0.2) is 0 Å². The molecular formula is C10H13NOS. The molecule has 1 saturated heterocycles. The van der Waals surface area contributed by atoms with Crippen LogP contribution in [-0.4, -0.2) is 30.2 Å². The van der Waals surface area contributed by atoms with E-state index in [1.165, 1.54) is 12.0 Å². The van der Waals surface area contributed by atoms with E-state index in [0.29, 0.717) is 6.10 Å². The molecule has 1 aromatic heterocycles. The molecule has 1 aliphatic carbocycles. The van der Waals surface area contributed by atoms with E-state index >= 15 is 0 Å². The van der Waals surface area contributed by atoms with Crippen molar-refractivity contribution in [3.8, 4) is 0 Å². The van der Waals surface area contributed by atoms with Gasteiger partial charge in [-0.05, 0) is 28.8 Å². The monoisotopic (exact) mass is 195 g/mol. The van der Waals surface area contributed by atoms with Gasteiger partial charge in [-0.2, -0.15) is 11.3 Å². The van der Waals surface area contributed by atoms with Crippen molar-refractivity contribution >= 4 is 11.3 Å². The van der Waals surface area contributed by atoms with Gasteiger partial charge in [0.2, 0.25) is 0 Å². The van der Waals surface area contributed by atoms with E-state index < -0.39 is 0 Å². The molecule has 70 valence electrons. The van der Waals surface area contributed by atoms with E-state index in [9.17, 15) is 0 Å². The molecule has 0 N–H and O–H groups in total. The zero-order valence-electron chi connectivity index (χ0n) is 7.48. The van der Waals surface area contributed by atoms with Gasteiger partial charge >= 0.3 is 0 Å². The first-order valence-electron chi connectivity index (χ1n) is 4.80. The number of rotatable bonds is 2. The Morgan fingerprint density at radius 1 is 1.62 bits per heavy atom. The summed E-state index contributed by atoms with van der Waals surface area (Å²) in [5.41, 5.74) is 1.46. The Labute approximate surface area is 82.1 Å². The molecule has 0 amide bonds. The zero-order chi connectivity index (χ0) is 8.67. The van der Waals surface area contributed by atoms with Crippen molar-refractivity contribution in [3.63, 3.8) is 0 Å². The van der Waals surface area contributed by atoms with Gasteiger partial charge in [0.25, 0.3) is 0 Å². The van der Waals surface area contributed by atoms with Crippen molar-refractivity contribution < 1.29 is 4.74 Å². The number of thiophene rings is 1. The van der Waals surface area contributed by atoms with Gasteiger partial charge in [0.1, 0.15) is 0 Å². The minimum Gasteiger partial charge on any atom is -0.375 e. The predicted molar refractivity (Wildman–Crippen MR) is 52.9 cm³/mol. The molecule has 3 heteroatoms. The highest BCUT2D eigenvalue weighted by molar-refractivity contribution is 7.07. The number of morpholine rings is 1. The summed E-state index contributed by atoms with van der Waals surface area (Å²) in [6.07, 6.45) is 1.82. The summed E-state index contributed by atoms with van der Waals surface area (Å²) in [6, 6.07) is 2.95. The van der Waals surface area contributed by atoms with Crippen LogP contribution in [-0.2, 0) is 11.3 Å². The highest BCUT2D eigenvalue weighted by Crippen LogP contribution is 2.35. The third-order valence-corrected chi connectivity index (χ3v) is 3.58. The minimum atomic E-state index is 0.562. The second-order valence-electron chi connectivity index (χ2n) is 3.81. The van der Waals surface area contributed by atoms with Gasteiger partial charge in [-0.3, -0.25) is 4.90 Å². The summed E-state index contributed by atoms with van der Waals surface area (Å²) < 4.78 is 5.56. The summed E-state index contributed by atoms with van der Waals surface area (Å²) >= 11 is 1.79. The summed E-state index contributed by atoms with van der Waals surface area (Å²) in [6.45, 7) is 3.15. The third kappa shape index (κ3) is 1.52. The van der Waals surface area contributed by atoms with E-state index in [4.69, 9.17) is 4.74 Å². The quantitative estimate of drug-likeness (QED) is 0.712. The van der Waals surface area contributed by atoms with Gasteiger partial charge in [0.05, 0.1) is 12.7 Å². The first kappa shape index (κ1) is 7.97. The van der Waals surface area contributed by atoms with Crippen LogP contribution < -0.4 is 0 Å². The molecule has 3 rings (SSSR count). The van der Waals surface area contributed by atoms with Crippen LogP contribution in [0.15, 0.2) is 16.8 Å². The Morgan fingerprint density at radius 2 is 2.62 bits per heavy atom. The standard InChI is InChI=1S/C10H13NOS/c1-4-13-7-8(1)6-11-2-3-12-10-5-9(10)11/h1,4,7,9-10H,2-3,5-6H2. The molecule has 2 unspecified atom stereocenters. The van der Waals surface area contributed by atoms with Crippen LogP contribution in [0.5, 0.6) is 0 Å². The normalized spacial score (nSPS) is 32.9. The Morgan fingerprint density at radius 3 is 3.46 bits per heavy atom. The molecule has 2 atom stereocenters. The van der Waals surface area contributed by atoms with E-state index in [-0.39, 0.29) is 0 Å². The van der Waals surface area contributed by atoms with Crippen LogP contribution in [0.25, 0.3) is 0 Å². The first-order chi connectivity index (χ1) is 6.43. The lowest BCUT2D eigenvalue weighted by Gasteiger charge is -2.25. The van der Waals surface area contributed by atoms with Crippen molar-refractivity contribution in [2.45, 2.75) is 25.1 Å². The average molecular weight is 195 g/mol. The molecule has 2 heterocycles. The van der Waals surface area contributed by atoms with Crippen molar-refractivity contribution in [1.29, 1.82) is 0 Å². The van der Waals surface area contributed by atoms with E-state index in [0.717, 1.165) is 25.7 Å². The van der Waals surface area contributed by atoms with Crippen LogP contribution in [0, 0.1) is 0 Å². The molecule has 1 saturated carbocycles. The molecule has 13 heavy (non-hydrogen) atoms. The first-order valence-corrected chi connectivity index (χ1v) is 5.74. The van der Waals surface area contributed by atoms with E-state index in [1.54, 1.807) is 11.3 Å². The fourth-order valence-corrected chi connectivity index (χ4v) is 2.68. The lowest BCUT2D eigenvalue weighted by atomic mass is 10.3. The summed E-state index contributed by atoms with van der Waals surface area (Å²) in [5, 5.41) is 4.40. The fraction of sp³-hybridized carbons (Fsp3) is 0.600. The summed E-state index contributed by atoms with van der Waals surface area (Å²) in [7, 11) is 0. The maximum absolute atomic E-state index is 5.56. The summed E-state index contributed by atoms with van der Waals surface area (Å²) in [4.78, 5) is 2.55. The Hall–Kier alpha value is -0.380. The molecule has 1 aliphatic heterocycles. The fourth-order valence-electron chi connectivity index (χ4n) is 2.02. The Kier molecular flexibility index (Phi) is 1.89. The van der Waals surface area contributed by atoms with Crippen molar-refractivity contribution in [3.05, 3.63) is 22.4 Å². The SMILES string of the molecule is c1cc(CN2CCOC3CC32)cs1. The molecule has 2 aliphatic rings. The lowest BCUT2D eigenvalue weighted by Crippen LogP contribution is -2.35. The third-order valence-electron chi connectivity index (χ3n) is 2.85. The van der Waals surface area contributed by atoms with Gasteiger partial charge in [-0.1, -0.05) is 0 Å². The smallest absolute Gasteiger partial charge is 0.0747 e. The topological polar surface area (TPSA) is 12.5 Å². The highest BCUT2D eigenvalue weighted by Gasteiger charge is 2.45. The molecule has 2 nitrogen and oxygen atoms in total. The van der Waals surface area contributed by atoms with Crippen LogP contribution in [0.1, 0.15) is 12.0 Å². The number of fused-ring (bicyclic) bond motifs is 1. The number of hydrogen-bond donors (Lipinski definition) is 0. The Bertz CT molecular complexity index is 285. The highest BCUT2D eigenvalue weighted by atomic mass is 32.1. The summed E-state index contributed by atoms with van der Waals surface area (Å²) in [5.74, 6) is 0. The number of nitrogens with zero attached hydrogens (tertiary/aromatic N) is 1. The van der Waals surface area contributed by atoms with Crippen LogP contribution in [0.4, 0.5) is 0 Å². The molecule has 0 aromatic carbocycles. The molecule has 0 spiro atoms. The maximum atomic E-state index is 5.56. The molecule has 1 aromatic rings. The average Bonchev–Trinajstić information content (AvgIpc) is 2.77. The second-order valence-corrected chi connectivity index (χ2v) is 4.59. The molecule has 0 bridgehead atoms. The van der Waals surface area contributed by atoms with E-state index in [2.05, 4.69) is 21.7 Å². The second kappa shape index (κ2) is 3.08. The molecule has 2 fully saturated rings. The maximum Gasteiger partial charge on any atom is 0.0747 e. The van der Waals surface area contributed by atoms with Crippen molar-refractivity contribution in [1.82, 2.24) is 4.90 Å².